The zero-order chi connectivity index (χ0) is 15.7. The van der Waals surface area contributed by atoms with E-state index < -0.39 is 10.0 Å². The summed E-state index contributed by atoms with van der Waals surface area (Å²) in [5.41, 5.74) is 2.34. The van der Waals surface area contributed by atoms with E-state index in [1.165, 1.54) is 17.4 Å². The molecule has 3 rings (SSSR count). The fourth-order valence-corrected chi connectivity index (χ4v) is 4.12. The summed E-state index contributed by atoms with van der Waals surface area (Å²) >= 11 is 1.52. The molecule has 1 amide bonds. The Morgan fingerprint density at radius 3 is 2.95 bits per heavy atom. The van der Waals surface area contributed by atoms with E-state index >= 15 is 0 Å². The van der Waals surface area contributed by atoms with Crippen molar-refractivity contribution in [2.24, 2.45) is 0 Å². The Balaban J connectivity index is 1.68. The first-order valence-electron chi connectivity index (χ1n) is 6.77. The van der Waals surface area contributed by atoms with Gasteiger partial charge in [0.25, 0.3) is 0 Å². The minimum atomic E-state index is -3.57. The molecule has 2 aromatic rings. The third-order valence-corrected chi connectivity index (χ3v) is 5.79. The van der Waals surface area contributed by atoms with Gasteiger partial charge in [-0.2, -0.15) is 0 Å². The molecule has 0 atom stereocenters. The van der Waals surface area contributed by atoms with E-state index in [9.17, 15) is 13.2 Å². The molecule has 2 N–H and O–H groups in total. The van der Waals surface area contributed by atoms with Crippen molar-refractivity contribution >= 4 is 33.0 Å². The number of nitrogens with one attached hydrogen (secondary N) is 2. The van der Waals surface area contributed by atoms with Gasteiger partial charge in [0.2, 0.25) is 15.9 Å². The van der Waals surface area contributed by atoms with Crippen molar-refractivity contribution in [3.05, 3.63) is 39.8 Å². The number of fused-ring (bicyclic) bond motifs is 1. The smallest absolute Gasteiger partial charge is 0.240 e. The fourth-order valence-electron chi connectivity index (χ4n) is 2.27. The van der Waals surface area contributed by atoms with Crippen LogP contribution in [0, 0.1) is 6.92 Å². The molecule has 6 nitrogen and oxygen atoms in total. The molecule has 0 saturated carbocycles. The monoisotopic (exact) mass is 337 g/mol. The van der Waals surface area contributed by atoms with Crippen molar-refractivity contribution in [3.63, 3.8) is 0 Å². The molecule has 0 unspecified atom stereocenters. The average molecular weight is 337 g/mol. The Bertz CT molecular complexity index is 828. The highest BCUT2D eigenvalue weighted by molar-refractivity contribution is 7.89. The Hall–Kier alpha value is -1.77. The molecule has 0 radical (unpaired) electrons. The quantitative estimate of drug-likeness (QED) is 0.865. The first kappa shape index (κ1) is 15.1. The van der Waals surface area contributed by atoms with Gasteiger partial charge in [0.1, 0.15) is 0 Å². The third kappa shape index (κ3) is 3.18. The summed E-state index contributed by atoms with van der Waals surface area (Å²) in [5.74, 6) is -0.114. The number of benzene rings is 1. The van der Waals surface area contributed by atoms with Gasteiger partial charge in [-0.3, -0.25) is 4.79 Å². The van der Waals surface area contributed by atoms with Crippen molar-refractivity contribution in [1.82, 2.24) is 9.71 Å². The molecule has 0 aliphatic carbocycles. The zero-order valence-electron chi connectivity index (χ0n) is 11.9. The van der Waals surface area contributed by atoms with Crippen molar-refractivity contribution in [3.8, 4) is 0 Å². The Morgan fingerprint density at radius 1 is 1.41 bits per heavy atom. The molecule has 22 heavy (non-hydrogen) atoms. The molecule has 1 aromatic heterocycles. The zero-order valence-corrected chi connectivity index (χ0v) is 13.6. The number of aromatic nitrogens is 1. The Labute approximate surface area is 132 Å². The maximum absolute atomic E-state index is 12.3. The predicted molar refractivity (Wildman–Crippen MR) is 84.5 cm³/mol. The van der Waals surface area contributed by atoms with Gasteiger partial charge in [-0.1, -0.05) is 0 Å². The summed E-state index contributed by atoms with van der Waals surface area (Å²) in [6, 6.07) is 4.67. The number of carbonyl (C=O) groups is 1. The summed E-state index contributed by atoms with van der Waals surface area (Å²) < 4.78 is 27.1. The lowest BCUT2D eigenvalue weighted by atomic mass is 10.2. The van der Waals surface area contributed by atoms with Crippen LogP contribution in [-0.4, -0.2) is 25.9 Å². The highest BCUT2D eigenvalue weighted by atomic mass is 32.2. The van der Waals surface area contributed by atoms with Crippen LogP contribution in [-0.2, 0) is 27.7 Å². The number of aryl methyl sites for hydroxylation is 1. The SMILES string of the molecule is Cc1csc(CCNS(=O)(=O)c2ccc3c(c2)CC(=O)N3)n1. The van der Waals surface area contributed by atoms with Crippen LogP contribution in [0.2, 0.25) is 0 Å². The van der Waals surface area contributed by atoms with Gasteiger partial charge >= 0.3 is 0 Å². The van der Waals surface area contributed by atoms with Gasteiger partial charge in [-0.15, -0.1) is 11.3 Å². The molecule has 1 aliphatic heterocycles. The largest absolute Gasteiger partial charge is 0.326 e. The number of thiazole rings is 1. The molecule has 0 fully saturated rings. The molecule has 0 bridgehead atoms. The maximum Gasteiger partial charge on any atom is 0.240 e. The lowest BCUT2D eigenvalue weighted by Gasteiger charge is -2.07. The lowest BCUT2D eigenvalue weighted by Crippen LogP contribution is -2.26. The lowest BCUT2D eigenvalue weighted by molar-refractivity contribution is -0.115. The highest BCUT2D eigenvalue weighted by Gasteiger charge is 2.21. The molecular weight excluding hydrogens is 322 g/mol. The summed E-state index contributed by atoms with van der Waals surface area (Å²) in [5, 5.41) is 5.53. The van der Waals surface area contributed by atoms with Crippen LogP contribution in [0.1, 0.15) is 16.3 Å². The van der Waals surface area contributed by atoms with Gasteiger partial charge in [0.15, 0.2) is 0 Å². The number of hydrogen-bond acceptors (Lipinski definition) is 5. The highest BCUT2D eigenvalue weighted by Crippen LogP contribution is 2.25. The van der Waals surface area contributed by atoms with Crippen LogP contribution >= 0.6 is 11.3 Å². The molecular formula is C14H15N3O3S2. The predicted octanol–water partition coefficient (Wildman–Crippen LogP) is 1.47. The van der Waals surface area contributed by atoms with E-state index in [2.05, 4.69) is 15.0 Å². The van der Waals surface area contributed by atoms with Gasteiger partial charge in [-0.05, 0) is 30.7 Å². The van der Waals surface area contributed by atoms with Crippen LogP contribution in [0.4, 0.5) is 5.69 Å². The van der Waals surface area contributed by atoms with Crippen LogP contribution in [0.5, 0.6) is 0 Å². The number of hydrogen-bond donors (Lipinski definition) is 2. The van der Waals surface area contributed by atoms with Gasteiger partial charge in [0, 0.05) is 29.7 Å². The fraction of sp³-hybridized carbons (Fsp3) is 0.286. The number of rotatable bonds is 5. The maximum atomic E-state index is 12.3. The van der Waals surface area contributed by atoms with Crippen LogP contribution in [0.3, 0.4) is 0 Å². The van der Waals surface area contributed by atoms with Crippen LogP contribution in [0.15, 0.2) is 28.5 Å². The molecule has 1 aliphatic rings. The summed E-state index contributed by atoms with van der Waals surface area (Å²) in [4.78, 5) is 15.8. The summed E-state index contributed by atoms with van der Waals surface area (Å²) in [7, 11) is -3.57. The van der Waals surface area contributed by atoms with Crippen LogP contribution in [0.25, 0.3) is 0 Å². The molecule has 0 spiro atoms. The number of carbonyl (C=O) groups excluding carboxylic acids is 1. The van der Waals surface area contributed by atoms with E-state index in [4.69, 9.17) is 0 Å². The van der Waals surface area contributed by atoms with Crippen molar-refractivity contribution in [2.75, 3.05) is 11.9 Å². The standard InChI is InChI=1S/C14H15N3O3S2/c1-9-8-21-14(16-9)4-5-15-22(19,20)11-2-3-12-10(6-11)7-13(18)17-12/h2-3,6,8,15H,4-5,7H2,1H3,(H,17,18). The van der Waals surface area contributed by atoms with E-state index in [0.29, 0.717) is 24.2 Å². The molecule has 8 heteroatoms. The molecule has 1 aromatic carbocycles. The summed E-state index contributed by atoms with van der Waals surface area (Å²) in [6.07, 6.45) is 0.778. The third-order valence-electron chi connectivity index (χ3n) is 3.31. The average Bonchev–Trinajstić information content (AvgIpc) is 3.02. The Kier molecular flexibility index (Phi) is 3.98. The molecule has 2 heterocycles. The van der Waals surface area contributed by atoms with Crippen molar-refractivity contribution in [2.45, 2.75) is 24.7 Å². The second-order valence-electron chi connectivity index (χ2n) is 5.07. The normalized spacial score (nSPS) is 14.0. The number of nitrogens with zero attached hydrogens (tertiary/aromatic N) is 1. The second kappa shape index (κ2) is 5.79. The van der Waals surface area contributed by atoms with Gasteiger partial charge < -0.3 is 5.32 Å². The first-order chi connectivity index (χ1) is 10.4. The van der Waals surface area contributed by atoms with Crippen molar-refractivity contribution in [1.29, 1.82) is 0 Å². The van der Waals surface area contributed by atoms with Crippen molar-refractivity contribution < 1.29 is 13.2 Å². The first-order valence-corrected chi connectivity index (χ1v) is 9.14. The molecule has 0 saturated heterocycles. The van der Waals surface area contributed by atoms with Gasteiger partial charge in [-0.25, -0.2) is 18.1 Å². The minimum absolute atomic E-state index is 0.114. The number of amides is 1. The van der Waals surface area contributed by atoms with E-state index in [0.717, 1.165) is 10.7 Å². The Morgan fingerprint density at radius 2 is 2.23 bits per heavy atom. The van der Waals surface area contributed by atoms with Gasteiger partial charge in [0.05, 0.1) is 16.3 Å². The second-order valence-corrected chi connectivity index (χ2v) is 7.78. The number of sulfonamides is 1. The van der Waals surface area contributed by atoms with E-state index in [-0.39, 0.29) is 17.2 Å². The molecule has 116 valence electrons. The van der Waals surface area contributed by atoms with E-state index in [1.54, 1.807) is 12.1 Å². The summed E-state index contributed by atoms with van der Waals surface area (Å²) in [6.45, 7) is 2.20. The minimum Gasteiger partial charge on any atom is -0.326 e. The number of anilines is 1. The van der Waals surface area contributed by atoms with E-state index in [1.807, 2.05) is 12.3 Å². The topological polar surface area (TPSA) is 88.2 Å². The van der Waals surface area contributed by atoms with Crippen LogP contribution < -0.4 is 10.0 Å².